The van der Waals surface area contributed by atoms with Crippen LogP contribution in [0.3, 0.4) is 0 Å². The lowest BCUT2D eigenvalue weighted by Crippen LogP contribution is -3.00. The van der Waals surface area contributed by atoms with Crippen molar-refractivity contribution in [3.63, 3.8) is 0 Å². The van der Waals surface area contributed by atoms with Crippen molar-refractivity contribution in [1.82, 2.24) is 0 Å². The van der Waals surface area contributed by atoms with Gasteiger partial charge >= 0.3 is 0 Å². The Morgan fingerprint density at radius 2 is 0.457 bits per heavy atom. The molecule has 0 heterocycles. The average molecular weight is 1510 g/mol. The molecule has 0 aliphatic rings. The van der Waals surface area contributed by atoms with Gasteiger partial charge < -0.3 is 17.0 Å². The van der Waals surface area contributed by atoms with Crippen molar-refractivity contribution in [1.29, 1.82) is 0 Å². The maximum atomic E-state index is 3.89. The number of alkyl halides is 1. The van der Waals surface area contributed by atoms with Crippen molar-refractivity contribution in [3.8, 4) is 0 Å². The smallest absolute Gasteiger partial charge is 0.112 e. The van der Waals surface area contributed by atoms with Crippen LogP contribution >= 0.6 is 63.0 Å². The second kappa shape index (κ2) is 45.7. The Hall–Kier alpha value is -5.64. The first-order chi connectivity index (χ1) is 45.7. The highest BCUT2D eigenvalue weighted by molar-refractivity contribution is 9.09. The van der Waals surface area contributed by atoms with Gasteiger partial charge in [-0.2, -0.15) is 0 Å². The van der Waals surface area contributed by atoms with E-state index in [4.69, 9.17) is 0 Å². The molecule has 0 aliphatic carbocycles. The van der Waals surface area contributed by atoms with E-state index < -0.39 is 31.0 Å². The fraction of sp³-hybridized carbons (Fsp3) is 0.143. The third kappa shape index (κ3) is 24.8. The molecular weight excluding hydrogens is 1420 g/mol. The molecule has 0 aromatic heterocycles. The summed E-state index contributed by atoms with van der Waals surface area (Å²) in [6.07, 6.45) is 6.32. The van der Waals surface area contributed by atoms with Crippen LogP contribution in [0.5, 0.6) is 0 Å². The quantitative estimate of drug-likeness (QED) is 0.0658. The molecule has 0 atom stereocenters. The van der Waals surface area contributed by atoms with Crippen LogP contribution < -0.4 is 80.6 Å². The highest BCUT2D eigenvalue weighted by Gasteiger charge is 2.44. The lowest BCUT2D eigenvalue weighted by atomic mass is 10.2. The average Bonchev–Trinajstić information content (AvgIpc) is 0.765. The molecule has 482 valence electrons. The number of hydrogen-bond donors (Lipinski definition) is 0. The van der Waals surface area contributed by atoms with E-state index in [1.54, 1.807) is 0 Å². The molecule has 0 radical (unpaired) electrons. The monoisotopic (exact) mass is 1510 g/mol. The van der Waals surface area contributed by atoms with E-state index in [1.807, 2.05) is 0 Å². The summed E-state index contributed by atoms with van der Waals surface area (Å²) >= 11 is 11.1. The Labute approximate surface area is 604 Å². The molecule has 0 N–H and O–H groups in total. The Morgan fingerprint density at radius 3 is 0.649 bits per heavy atom. The summed E-state index contributed by atoms with van der Waals surface area (Å²) in [5, 5.41) is 18.3. The predicted molar refractivity (Wildman–Crippen MR) is 441 cm³/mol. The van der Waals surface area contributed by atoms with Gasteiger partial charge in [-0.05, 0) is 164 Å². The first-order valence-electron chi connectivity index (χ1n) is 31.7. The number of unbranched alkanes of at least 4 members (excludes halogenated alkanes) is 2. The minimum absolute atomic E-state index is 0. The lowest BCUT2D eigenvalue weighted by molar-refractivity contribution is -0.0000178. The number of benzene rings is 12. The highest BCUT2D eigenvalue weighted by atomic mass is 79.9. The van der Waals surface area contributed by atoms with Crippen LogP contribution in [-0.4, -0.2) is 11.5 Å². The maximum absolute atomic E-state index is 3.89. The standard InChI is InChI=1S/C23H26P.3C19H17P.C4H9Br.BrH.2HPS.H2/c1-3-4-19-24(21-11-7-5-8-12-21,22-13-9-6-10-14-22)23-17-15-20(2)16-18-23;3*1-16-12-14-19(15-13-16)20(17-8-4-2-5-9-17)18-10-6-3-7-11-18;1-2-3-4-5;;2*1-2;/h5-18H,3-4,19H2,1-2H3;3*2-15H,1H3;2-4H2,1H3;1H;2*1H;1H/q+1;;;;;;;;/p-1/i;;;;;;;;1+1. The Bertz CT molecular complexity index is 3420. The molecule has 0 amide bonds. The first kappa shape index (κ1) is 79.1. The maximum Gasteiger partial charge on any atom is 0.112 e. The van der Waals surface area contributed by atoms with E-state index >= 15 is 0 Å². The van der Waals surface area contributed by atoms with Gasteiger partial charge in [0.25, 0.3) is 0 Å². The summed E-state index contributed by atoms with van der Waals surface area (Å²) in [5.74, 6) is 0. The molecule has 12 aromatic carbocycles. The summed E-state index contributed by atoms with van der Waals surface area (Å²) < 4.78 is 0. The van der Waals surface area contributed by atoms with E-state index in [9.17, 15) is 0 Å². The van der Waals surface area contributed by atoms with Gasteiger partial charge in [-0.15, -0.1) is 0 Å². The SMILES string of the molecule is CCCCBr.CCCC[P+](c1ccccc1)(c1ccccc1)c1ccc(C)cc1.Cc1ccc(P(c2ccccc2)c2ccccc2)cc1.Cc1ccc(P(c2ccccc2)c2ccccc2)cc1.Cc1ccc(P(c2ccccc2)c2ccccc2)cc1.P=S.P=S.[2HH].[Br-]. The molecule has 0 spiro atoms. The number of halogens is 2. The third-order valence-corrected chi connectivity index (χ3v) is 27.6. The van der Waals surface area contributed by atoms with E-state index in [0.29, 0.717) is 0 Å². The van der Waals surface area contributed by atoms with Crippen LogP contribution in [0.25, 0.3) is 0 Å². The van der Waals surface area contributed by atoms with E-state index in [0.717, 1.165) is 5.33 Å². The molecule has 0 fully saturated rings. The molecule has 0 unspecified atom stereocenters. The molecule has 0 bridgehead atoms. The van der Waals surface area contributed by atoms with Crippen molar-refractivity contribution in [2.75, 3.05) is 11.5 Å². The lowest BCUT2D eigenvalue weighted by Gasteiger charge is -2.27. The van der Waals surface area contributed by atoms with Gasteiger partial charge in [0, 0.05) is 6.76 Å². The number of aryl methyl sites for hydroxylation is 4. The largest absolute Gasteiger partial charge is 1.00 e. The fourth-order valence-electron chi connectivity index (χ4n) is 10.4. The highest BCUT2D eigenvalue weighted by Crippen LogP contribution is 2.56. The first-order valence-corrected chi connectivity index (χ1v) is 42.0. The molecule has 94 heavy (non-hydrogen) atoms. The van der Waals surface area contributed by atoms with E-state index in [-0.39, 0.29) is 18.4 Å². The zero-order valence-corrected chi connectivity index (χ0v) is 65.3. The van der Waals surface area contributed by atoms with Gasteiger partial charge in [-0.3, -0.25) is 0 Å². The summed E-state index contributed by atoms with van der Waals surface area (Å²) in [6, 6.07) is 123. The minimum atomic E-state index is -1.59. The molecule has 0 saturated carbocycles. The zero-order valence-electron chi connectivity index (χ0n) is 54.9. The van der Waals surface area contributed by atoms with Crippen molar-refractivity contribution in [2.24, 2.45) is 0 Å². The molecular formula is C84H90Br2P6S2. The molecule has 0 aliphatic heterocycles. The van der Waals surface area contributed by atoms with Crippen LogP contribution in [0.2, 0.25) is 0 Å². The Balaban J connectivity index is 0.000000257. The van der Waals surface area contributed by atoms with Crippen LogP contribution in [0, 0.1) is 27.7 Å². The Morgan fingerprint density at radius 1 is 0.277 bits per heavy atom. The summed E-state index contributed by atoms with van der Waals surface area (Å²) in [6.45, 7) is 13.0. The van der Waals surface area contributed by atoms with Crippen LogP contribution in [0.4, 0.5) is 0 Å². The van der Waals surface area contributed by atoms with Crippen LogP contribution in [-0.2, 0) is 23.6 Å². The summed E-state index contributed by atoms with van der Waals surface area (Å²) in [5.41, 5.74) is 5.26. The van der Waals surface area contributed by atoms with Gasteiger partial charge in [-0.25, -0.2) is 0 Å². The van der Waals surface area contributed by atoms with Gasteiger partial charge in [0.05, 0.1) is 6.16 Å². The molecule has 12 aromatic rings. The minimum Gasteiger partial charge on any atom is -1.00 e. The topological polar surface area (TPSA) is 0 Å². The van der Waals surface area contributed by atoms with Crippen molar-refractivity contribution in [3.05, 3.63) is 362 Å². The predicted octanol–water partition coefficient (Wildman–Crippen LogP) is 17.0. The van der Waals surface area contributed by atoms with Gasteiger partial charge in [0.1, 0.15) is 23.2 Å². The summed E-state index contributed by atoms with van der Waals surface area (Å²) in [7, 11) is 2.15. The molecule has 12 rings (SSSR count). The van der Waals surface area contributed by atoms with Crippen molar-refractivity contribution < 1.29 is 18.4 Å². The number of hydrogen-bond acceptors (Lipinski definition) is 2. The third-order valence-electron chi connectivity index (χ3n) is 15.2. The zero-order chi connectivity index (χ0) is 66.3. The molecule has 0 nitrogen and oxygen atoms in total. The van der Waals surface area contributed by atoms with Crippen LogP contribution in [0.15, 0.2) is 340 Å². The van der Waals surface area contributed by atoms with E-state index in [2.05, 4.69) is 437 Å². The second-order valence-electron chi connectivity index (χ2n) is 22.0. The summed E-state index contributed by atoms with van der Waals surface area (Å²) in [4.78, 5) is 0. The normalized spacial score (nSPS) is 10.3. The van der Waals surface area contributed by atoms with Crippen molar-refractivity contribution in [2.45, 2.75) is 67.2 Å². The van der Waals surface area contributed by atoms with Crippen molar-refractivity contribution >= 4 is 150 Å². The second-order valence-corrected chi connectivity index (χ2v) is 33.0. The molecule has 0 saturated heterocycles. The van der Waals surface area contributed by atoms with Crippen LogP contribution in [0.1, 0.15) is 63.2 Å². The van der Waals surface area contributed by atoms with Gasteiger partial charge in [0.15, 0.2) is 0 Å². The van der Waals surface area contributed by atoms with E-state index in [1.165, 1.54) is 118 Å². The Kier molecular flexibility index (Phi) is 38.5. The fourth-order valence-corrected chi connectivity index (χ4v) is 22.3. The van der Waals surface area contributed by atoms with Gasteiger partial charge in [-0.1, -0.05) is 392 Å². The van der Waals surface area contributed by atoms with Gasteiger partial charge in [0.2, 0.25) is 0 Å². The molecule has 10 heteroatoms. The number of rotatable bonds is 17.